The van der Waals surface area contributed by atoms with Gasteiger partial charge in [0.15, 0.2) is 5.01 Å². The molecule has 0 spiro atoms. The molecule has 0 unspecified atom stereocenters. The fourth-order valence-corrected chi connectivity index (χ4v) is 2.92. The molecule has 3 rings (SSSR count). The zero-order chi connectivity index (χ0) is 12.4. The lowest BCUT2D eigenvalue weighted by Crippen LogP contribution is -2.27. The lowest BCUT2D eigenvalue weighted by molar-refractivity contribution is 0.458. The van der Waals surface area contributed by atoms with Crippen molar-refractivity contribution in [3.05, 3.63) is 29.2 Å². The molecular formula is C12H13FN4S. The van der Waals surface area contributed by atoms with Gasteiger partial charge in [0, 0.05) is 0 Å². The molecule has 0 aliphatic carbocycles. The lowest BCUT2D eigenvalue weighted by Gasteiger charge is -2.24. The van der Waals surface area contributed by atoms with Crippen molar-refractivity contribution in [1.82, 2.24) is 20.5 Å². The average Bonchev–Trinajstić information content (AvgIpc) is 2.93. The average molecular weight is 264 g/mol. The van der Waals surface area contributed by atoms with Crippen molar-refractivity contribution in [3.8, 4) is 10.7 Å². The minimum absolute atomic E-state index is 0.281. The molecule has 18 heavy (non-hydrogen) atoms. The van der Waals surface area contributed by atoms with Gasteiger partial charge in [-0.05, 0) is 43.5 Å². The van der Waals surface area contributed by atoms with E-state index in [2.05, 4.69) is 20.5 Å². The van der Waals surface area contributed by atoms with Crippen LogP contribution in [0.4, 0.5) is 4.39 Å². The summed E-state index contributed by atoms with van der Waals surface area (Å²) >= 11 is 1.44. The van der Waals surface area contributed by atoms with Crippen LogP contribution in [0.3, 0.4) is 0 Å². The molecule has 0 aromatic carbocycles. The number of aromatic nitrogens is 3. The van der Waals surface area contributed by atoms with Crippen LogP contribution in [0.2, 0.25) is 0 Å². The molecule has 1 fully saturated rings. The standard InChI is InChI=1S/C12H13FN4S/c13-9-5-10(8-1-3-14-4-2-8)11(15-6-9)12-17-16-7-18-12/h5-8,14H,1-4H2. The highest BCUT2D eigenvalue weighted by molar-refractivity contribution is 7.12. The molecule has 1 saturated heterocycles. The first-order valence-electron chi connectivity index (χ1n) is 5.97. The number of piperidine rings is 1. The Morgan fingerprint density at radius 3 is 2.89 bits per heavy atom. The second kappa shape index (κ2) is 5.07. The van der Waals surface area contributed by atoms with Gasteiger partial charge in [0.1, 0.15) is 17.0 Å². The summed E-state index contributed by atoms with van der Waals surface area (Å²) in [6.07, 6.45) is 3.27. The van der Waals surface area contributed by atoms with Crippen LogP contribution in [0.5, 0.6) is 0 Å². The molecule has 3 heterocycles. The van der Waals surface area contributed by atoms with E-state index < -0.39 is 0 Å². The summed E-state index contributed by atoms with van der Waals surface area (Å²) in [6, 6.07) is 1.60. The molecule has 0 saturated carbocycles. The summed E-state index contributed by atoms with van der Waals surface area (Å²) in [5.41, 5.74) is 3.42. The third-order valence-corrected chi connectivity index (χ3v) is 3.92. The van der Waals surface area contributed by atoms with E-state index >= 15 is 0 Å². The molecule has 2 aromatic heterocycles. The number of pyridine rings is 1. The predicted octanol–water partition coefficient (Wildman–Crippen LogP) is 2.21. The normalized spacial score (nSPS) is 16.9. The molecule has 4 nitrogen and oxygen atoms in total. The van der Waals surface area contributed by atoms with E-state index in [9.17, 15) is 4.39 Å². The fraction of sp³-hybridized carbons (Fsp3) is 0.417. The molecular weight excluding hydrogens is 251 g/mol. The van der Waals surface area contributed by atoms with Crippen LogP contribution < -0.4 is 5.32 Å². The summed E-state index contributed by atoms with van der Waals surface area (Å²) in [6.45, 7) is 1.94. The Kier molecular flexibility index (Phi) is 3.29. The summed E-state index contributed by atoms with van der Waals surface area (Å²) in [7, 11) is 0. The first-order valence-corrected chi connectivity index (χ1v) is 6.85. The highest BCUT2D eigenvalue weighted by Crippen LogP contribution is 2.33. The van der Waals surface area contributed by atoms with Gasteiger partial charge in [-0.15, -0.1) is 10.2 Å². The Morgan fingerprint density at radius 2 is 2.17 bits per heavy atom. The highest BCUT2D eigenvalue weighted by Gasteiger charge is 2.21. The zero-order valence-electron chi connectivity index (χ0n) is 9.77. The Hall–Kier alpha value is -1.40. The van der Waals surface area contributed by atoms with E-state index in [4.69, 9.17) is 0 Å². The van der Waals surface area contributed by atoms with Crippen LogP contribution >= 0.6 is 11.3 Å². The van der Waals surface area contributed by atoms with E-state index in [1.165, 1.54) is 17.5 Å². The van der Waals surface area contributed by atoms with Crippen molar-refractivity contribution in [2.24, 2.45) is 0 Å². The molecule has 1 aliphatic rings. The Balaban J connectivity index is 2.03. The first-order chi connectivity index (χ1) is 8.84. The summed E-state index contributed by atoms with van der Waals surface area (Å²) < 4.78 is 13.4. The summed E-state index contributed by atoms with van der Waals surface area (Å²) in [5.74, 6) is 0.0742. The van der Waals surface area contributed by atoms with Gasteiger partial charge in [-0.2, -0.15) is 0 Å². The quantitative estimate of drug-likeness (QED) is 0.903. The molecule has 1 aliphatic heterocycles. The number of hydrogen-bond acceptors (Lipinski definition) is 5. The fourth-order valence-electron chi connectivity index (χ4n) is 2.35. The van der Waals surface area contributed by atoms with E-state index in [0.29, 0.717) is 5.92 Å². The van der Waals surface area contributed by atoms with Gasteiger partial charge < -0.3 is 5.32 Å². The van der Waals surface area contributed by atoms with Crippen LogP contribution in [-0.2, 0) is 0 Å². The monoisotopic (exact) mass is 264 g/mol. The lowest BCUT2D eigenvalue weighted by atomic mass is 9.89. The van der Waals surface area contributed by atoms with Gasteiger partial charge in [-0.1, -0.05) is 11.3 Å². The number of hydrogen-bond donors (Lipinski definition) is 1. The molecule has 1 N–H and O–H groups in total. The van der Waals surface area contributed by atoms with E-state index in [1.807, 2.05) is 0 Å². The molecule has 6 heteroatoms. The van der Waals surface area contributed by atoms with E-state index in [0.717, 1.165) is 42.2 Å². The second-order valence-corrected chi connectivity index (χ2v) is 5.19. The molecule has 0 bridgehead atoms. The summed E-state index contributed by atoms with van der Waals surface area (Å²) in [5, 5.41) is 12.0. The second-order valence-electron chi connectivity index (χ2n) is 4.36. The van der Waals surface area contributed by atoms with Crippen molar-refractivity contribution < 1.29 is 4.39 Å². The van der Waals surface area contributed by atoms with Gasteiger partial charge in [-0.3, -0.25) is 4.98 Å². The minimum Gasteiger partial charge on any atom is -0.317 e. The largest absolute Gasteiger partial charge is 0.317 e. The number of nitrogens with one attached hydrogen (secondary N) is 1. The molecule has 0 atom stereocenters. The minimum atomic E-state index is -0.281. The van der Waals surface area contributed by atoms with Gasteiger partial charge >= 0.3 is 0 Å². The first kappa shape index (κ1) is 11.7. The third kappa shape index (κ3) is 2.26. The van der Waals surface area contributed by atoms with Crippen molar-refractivity contribution in [1.29, 1.82) is 0 Å². The van der Waals surface area contributed by atoms with Crippen molar-refractivity contribution in [2.45, 2.75) is 18.8 Å². The van der Waals surface area contributed by atoms with E-state index in [-0.39, 0.29) is 5.82 Å². The van der Waals surface area contributed by atoms with Crippen LogP contribution in [-0.4, -0.2) is 28.3 Å². The molecule has 0 radical (unpaired) electrons. The van der Waals surface area contributed by atoms with Crippen LogP contribution in [0.1, 0.15) is 24.3 Å². The number of nitrogens with zero attached hydrogens (tertiary/aromatic N) is 3. The van der Waals surface area contributed by atoms with Crippen LogP contribution in [0.25, 0.3) is 10.7 Å². The predicted molar refractivity (Wildman–Crippen MR) is 67.9 cm³/mol. The Labute approximate surface area is 108 Å². The van der Waals surface area contributed by atoms with Gasteiger partial charge in [-0.25, -0.2) is 4.39 Å². The smallest absolute Gasteiger partial charge is 0.166 e. The highest BCUT2D eigenvalue weighted by atomic mass is 32.1. The van der Waals surface area contributed by atoms with Gasteiger partial charge in [0.25, 0.3) is 0 Å². The third-order valence-electron chi connectivity index (χ3n) is 3.23. The van der Waals surface area contributed by atoms with Crippen LogP contribution in [0.15, 0.2) is 17.8 Å². The molecule has 2 aromatic rings. The van der Waals surface area contributed by atoms with Crippen molar-refractivity contribution >= 4 is 11.3 Å². The van der Waals surface area contributed by atoms with Gasteiger partial charge in [0.2, 0.25) is 0 Å². The molecule has 94 valence electrons. The van der Waals surface area contributed by atoms with Crippen molar-refractivity contribution in [3.63, 3.8) is 0 Å². The van der Waals surface area contributed by atoms with Crippen molar-refractivity contribution in [2.75, 3.05) is 13.1 Å². The topological polar surface area (TPSA) is 50.7 Å². The Bertz CT molecular complexity index is 523. The SMILES string of the molecule is Fc1cnc(-c2nncs2)c(C2CCNCC2)c1. The maximum atomic E-state index is 13.4. The van der Waals surface area contributed by atoms with Gasteiger partial charge in [0.05, 0.1) is 6.20 Å². The van der Waals surface area contributed by atoms with Crippen LogP contribution in [0, 0.1) is 5.82 Å². The zero-order valence-corrected chi connectivity index (χ0v) is 10.6. The number of rotatable bonds is 2. The Morgan fingerprint density at radius 1 is 1.33 bits per heavy atom. The maximum Gasteiger partial charge on any atom is 0.166 e. The summed E-state index contributed by atoms with van der Waals surface area (Å²) in [4.78, 5) is 4.21. The number of halogens is 1. The van der Waals surface area contributed by atoms with E-state index in [1.54, 1.807) is 11.6 Å². The maximum absolute atomic E-state index is 13.4. The molecule has 0 amide bonds.